The molecule has 1 atom stereocenters. The van der Waals surface area contributed by atoms with Crippen molar-refractivity contribution >= 4 is 22.9 Å². The summed E-state index contributed by atoms with van der Waals surface area (Å²) in [5, 5.41) is 8.26. The molecule has 5 nitrogen and oxygen atoms in total. The average Bonchev–Trinajstić information content (AvgIpc) is 3.23. The number of unbranched alkanes of at least 4 members (excludes halogenated alkanes) is 1. The van der Waals surface area contributed by atoms with Crippen LogP contribution in [-0.4, -0.2) is 26.7 Å². The molecule has 0 saturated carbocycles. The fraction of sp³-hybridized carbons (Fsp3) is 0.292. The number of hydrogen-bond donors (Lipinski definition) is 1. The van der Waals surface area contributed by atoms with Gasteiger partial charge in [0, 0.05) is 17.8 Å². The Bertz CT molecular complexity index is 1120. The first kappa shape index (κ1) is 21.2. The van der Waals surface area contributed by atoms with Gasteiger partial charge in [-0.1, -0.05) is 54.4 Å². The van der Waals surface area contributed by atoms with E-state index in [9.17, 15) is 4.39 Å². The molecule has 3 aromatic rings. The molecule has 2 heterocycles. The number of allylic oxidation sites excluding steroid dienone is 1. The third kappa shape index (κ3) is 4.37. The van der Waals surface area contributed by atoms with Gasteiger partial charge in [0.15, 0.2) is 5.11 Å². The largest absolute Gasteiger partial charge is 0.351 e. The van der Waals surface area contributed by atoms with Crippen molar-refractivity contribution in [3.8, 4) is 11.4 Å². The topological polar surface area (TPSA) is 54.2 Å². The smallest absolute Gasteiger partial charge is 0.258 e. The maximum Gasteiger partial charge on any atom is 0.258 e. The average molecular weight is 437 g/mol. The van der Waals surface area contributed by atoms with Crippen LogP contribution in [0.3, 0.4) is 0 Å². The monoisotopic (exact) mass is 436 g/mol. The number of hydrogen-bond acceptors (Lipinski definition) is 4. The van der Waals surface area contributed by atoms with Gasteiger partial charge in [0.05, 0.1) is 11.6 Å². The van der Waals surface area contributed by atoms with E-state index in [0.29, 0.717) is 16.8 Å². The summed E-state index contributed by atoms with van der Waals surface area (Å²) in [4.78, 5) is 6.78. The van der Waals surface area contributed by atoms with Crippen LogP contribution in [0.1, 0.15) is 49.7 Å². The van der Waals surface area contributed by atoms with Gasteiger partial charge in [-0.15, -0.1) is 0 Å². The summed E-state index contributed by atoms with van der Waals surface area (Å²) < 4.78 is 19.3. The van der Waals surface area contributed by atoms with Crippen LogP contribution in [0.15, 0.2) is 58.8 Å². The molecule has 1 unspecified atom stereocenters. The molecule has 0 saturated heterocycles. The summed E-state index contributed by atoms with van der Waals surface area (Å²) in [6.07, 6.45) is 2.06. The van der Waals surface area contributed by atoms with E-state index in [1.165, 1.54) is 12.1 Å². The Morgan fingerprint density at radius 2 is 1.94 bits per heavy atom. The maximum absolute atomic E-state index is 13.5. The van der Waals surface area contributed by atoms with Crippen molar-refractivity contribution in [3.05, 3.63) is 77.1 Å². The molecular formula is C24H25FN4OS. The van der Waals surface area contributed by atoms with Gasteiger partial charge < -0.3 is 14.7 Å². The van der Waals surface area contributed by atoms with Gasteiger partial charge in [0.2, 0.25) is 5.82 Å². The summed E-state index contributed by atoms with van der Waals surface area (Å²) in [5.74, 6) is 0.679. The lowest BCUT2D eigenvalue weighted by Crippen LogP contribution is -2.46. The Morgan fingerprint density at radius 1 is 1.16 bits per heavy atom. The van der Waals surface area contributed by atoms with Gasteiger partial charge in [0.1, 0.15) is 5.82 Å². The second-order valence-electron chi connectivity index (χ2n) is 7.73. The highest BCUT2D eigenvalue weighted by Gasteiger charge is 2.33. The summed E-state index contributed by atoms with van der Waals surface area (Å²) in [5.41, 5.74) is 4.71. The second kappa shape index (κ2) is 8.98. The van der Waals surface area contributed by atoms with Crippen molar-refractivity contribution in [3.63, 3.8) is 0 Å². The minimum absolute atomic E-state index is 0.284. The molecule has 1 N–H and O–H groups in total. The zero-order valence-electron chi connectivity index (χ0n) is 17.9. The molecule has 1 aromatic heterocycles. The van der Waals surface area contributed by atoms with Crippen LogP contribution in [0, 0.1) is 12.7 Å². The number of rotatable bonds is 6. The minimum atomic E-state index is -0.309. The Labute approximate surface area is 187 Å². The number of halogens is 1. The number of nitrogens with zero attached hydrogens (tertiary/aromatic N) is 3. The molecule has 1 aliphatic rings. The van der Waals surface area contributed by atoms with Crippen LogP contribution in [0.2, 0.25) is 0 Å². The first-order chi connectivity index (χ1) is 15.0. The van der Waals surface area contributed by atoms with Crippen molar-refractivity contribution in [2.24, 2.45) is 0 Å². The Hall–Kier alpha value is -3.06. The summed E-state index contributed by atoms with van der Waals surface area (Å²) in [7, 11) is 0. The zero-order chi connectivity index (χ0) is 22.0. The third-order valence-electron chi connectivity index (χ3n) is 5.47. The number of aryl methyl sites for hydroxylation is 1. The van der Waals surface area contributed by atoms with E-state index in [2.05, 4.69) is 22.3 Å². The molecule has 0 amide bonds. The van der Waals surface area contributed by atoms with E-state index in [4.69, 9.17) is 21.7 Å². The normalized spacial score (nSPS) is 16.6. The minimum Gasteiger partial charge on any atom is -0.351 e. The van der Waals surface area contributed by atoms with Gasteiger partial charge in [-0.05, 0) is 56.2 Å². The highest BCUT2D eigenvalue weighted by Crippen LogP contribution is 2.37. The van der Waals surface area contributed by atoms with E-state index in [0.717, 1.165) is 47.3 Å². The van der Waals surface area contributed by atoms with Gasteiger partial charge in [-0.2, -0.15) is 4.98 Å². The fourth-order valence-corrected chi connectivity index (χ4v) is 4.13. The summed E-state index contributed by atoms with van der Waals surface area (Å²) in [6.45, 7) is 6.99. The van der Waals surface area contributed by atoms with Gasteiger partial charge in [-0.25, -0.2) is 4.39 Å². The van der Waals surface area contributed by atoms with Crippen LogP contribution in [0.5, 0.6) is 0 Å². The maximum atomic E-state index is 13.5. The van der Waals surface area contributed by atoms with Gasteiger partial charge >= 0.3 is 0 Å². The molecule has 31 heavy (non-hydrogen) atoms. The van der Waals surface area contributed by atoms with E-state index in [-0.39, 0.29) is 11.9 Å². The van der Waals surface area contributed by atoms with Crippen LogP contribution in [0.4, 0.5) is 4.39 Å². The van der Waals surface area contributed by atoms with Gasteiger partial charge in [-0.3, -0.25) is 0 Å². The van der Waals surface area contributed by atoms with E-state index in [1.54, 1.807) is 12.1 Å². The summed E-state index contributed by atoms with van der Waals surface area (Å²) in [6, 6.07) is 14.1. The van der Waals surface area contributed by atoms with Crippen molar-refractivity contribution in [1.82, 2.24) is 20.4 Å². The molecule has 0 bridgehead atoms. The molecule has 0 aliphatic carbocycles. The SMILES string of the molecule is CCCCN1C(=S)NC(c2ccc(F)cc2)C(c2nc(-c3cccc(C)c3)no2)=C1C. The van der Waals surface area contributed by atoms with E-state index < -0.39 is 0 Å². The molecule has 4 rings (SSSR count). The standard InChI is InChI=1S/C24H25FN4OS/c1-4-5-13-29-16(3)20(21(26-24(29)31)17-9-11-19(25)12-10-17)23-27-22(28-30-23)18-8-6-7-15(2)14-18/h6-12,14,21H,4-5,13H2,1-3H3,(H,26,31). The highest BCUT2D eigenvalue weighted by atomic mass is 32.1. The third-order valence-corrected chi connectivity index (χ3v) is 5.81. The molecule has 1 aliphatic heterocycles. The number of nitrogens with one attached hydrogen (secondary N) is 1. The van der Waals surface area contributed by atoms with Gasteiger partial charge in [0.25, 0.3) is 5.89 Å². The lowest BCUT2D eigenvalue weighted by Gasteiger charge is -2.37. The van der Waals surface area contributed by atoms with Crippen LogP contribution >= 0.6 is 12.2 Å². The van der Waals surface area contributed by atoms with E-state index in [1.807, 2.05) is 38.1 Å². The molecule has 0 spiro atoms. The number of benzene rings is 2. The molecule has 2 aromatic carbocycles. The predicted molar refractivity (Wildman–Crippen MR) is 124 cm³/mol. The predicted octanol–water partition coefficient (Wildman–Crippen LogP) is 5.65. The van der Waals surface area contributed by atoms with Crippen LogP contribution in [0.25, 0.3) is 17.0 Å². The van der Waals surface area contributed by atoms with Crippen LogP contribution in [-0.2, 0) is 0 Å². The Balaban J connectivity index is 1.80. The Kier molecular flexibility index (Phi) is 6.13. The Morgan fingerprint density at radius 3 is 2.65 bits per heavy atom. The summed E-state index contributed by atoms with van der Waals surface area (Å²) >= 11 is 5.66. The quantitative estimate of drug-likeness (QED) is 0.504. The van der Waals surface area contributed by atoms with Crippen LogP contribution < -0.4 is 5.32 Å². The molecular weight excluding hydrogens is 411 g/mol. The van der Waals surface area contributed by atoms with Crippen molar-refractivity contribution < 1.29 is 8.91 Å². The lowest BCUT2D eigenvalue weighted by atomic mass is 9.94. The number of aromatic nitrogens is 2. The second-order valence-corrected chi connectivity index (χ2v) is 8.12. The molecule has 0 fully saturated rings. The van der Waals surface area contributed by atoms with Crippen molar-refractivity contribution in [2.75, 3.05) is 6.54 Å². The first-order valence-corrected chi connectivity index (χ1v) is 10.8. The molecule has 160 valence electrons. The van der Waals surface area contributed by atoms with Crippen molar-refractivity contribution in [2.45, 2.75) is 39.7 Å². The first-order valence-electron chi connectivity index (χ1n) is 10.4. The van der Waals surface area contributed by atoms with Crippen molar-refractivity contribution in [1.29, 1.82) is 0 Å². The molecule has 0 radical (unpaired) electrons. The number of thiocarbonyl (C=S) groups is 1. The highest BCUT2D eigenvalue weighted by molar-refractivity contribution is 7.80. The molecule has 7 heteroatoms. The lowest BCUT2D eigenvalue weighted by molar-refractivity contribution is 0.395. The fourth-order valence-electron chi connectivity index (χ4n) is 3.78. The zero-order valence-corrected chi connectivity index (χ0v) is 18.7. The van der Waals surface area contributed by atoms with E-state index >= 15 is 0 Å².